The molecule has 1 aliphatic rings. The molecule has 134 valence electrons. The Balaban J connectivity index is 1.80. The summed E-state index contributed by atoms with van der Waals surface area (Å²) in [5.41, 5.74) is 1.58. The Morgan fingerprint density at radius 2 is 1.85 bits per heavy atom. The van der Waals surface area contributed by atoms with E-state index in [1.165, 1.54) is 12.1 Å². The number of hydrogen-bond acceptors (Lipinski definition) is 6. The lowest BCUT2D eigenvalue weighted by Gasteiger charge is -2.10. The minimum absolute atomic E-state index is 0.0569. The first-order valence-electron chi connectivity index (χ1n) is 8.11. The first kappa shape index (κ1) is 16.8. The zero-order valence-electron chi connectivity index (χ0n) is 13.8. The molecular weight excluding hydrogens is 354 g/mol. The standard InChI is InChI=1S/C17H17N5O3S/c18-26(23,24)15-3-1-14(2-4-15)22-17(13-7-10-25-11-13)20-16(21-22)12-5-8-19-9-6-12/h1-6,8-9,13H,7,10-11H2,(H2,18,23,24)/t13-/m1/s1. The average Bonchev–Trinajstić information content (AvgIpc) is 3.31. The van der Waals surface area contributed by atoms with E-state index in [1.54, 1.807) is 29.2 Å². The molecule has 3 heterocycles. The van der Waals surface area contributed by atoms with E-state index in [4.69, 9.17) is 14.9 Å². The second kappa shape index (κ2) is 6.60. The van der Waals surface area contributed by atoms with Crippen molar-refractivity contribution in [2.24, 2.45) is 5.14 Å². The van der Waals surface area contributed by atoms with Crippen LogP contribution in [0.1, 0.15) is 18.2 Å². The van der Waals surface area contributed by atoms with E-state index in [-0.39, 0.29) is 10.8 Å². The van der Waals surface area contributed by atoms with E-state index in [0.29, 0.717) is 24.7 Å². The van der Waals surface area contributed by atoms with Gasteiger partial charge < -0.3 is 4.74 Å². The third-order valence-corrected chi connectivity index (χ3v) is 5.20. The van der Waals surface area contributed by atoms with Crippen LogP contribution in [0.25, 0.3) is 17.1 Å². The fourth-order valence-corrected chi connectivity index (χ4v) is 3.43. The Morgan fingerprint density at radius 3 is 2.46 bits per heavy atom. The minimum Gasteiger partial charge on any atom is -0.381 e. The molecule has 0 radical (unpaired) electrons. The first-order chi connectivity index (χ1) is 12.5. The van der Waals surface area contributed by atoms with Gasteiger partial charge in [-0.3, -0.25) is 4.98 Å². The van der Waals surface area contributed by atoms with Gasteiger partial charge in [-0.2, -0.15) is 0 Å². The SMILES string of the molecule is NS(=O)(=O)c1ccc(-n2nc(-c3ccncc3)nc2[C@@H]2CCOC2)cc1. The zero-order chi connectivity index (χ0) is 18.1. The quantitative estimate of drug-likeness (QED) is 0.743. The second-order valence-electron chi connectivity index (χ2n) is 6.04. The van der Waals surface area contributed by atoms with Crippen LogP contribution in [0.4, 0.5) is 0 Å². The first-order valence-corrected chi connectivity index (χ1v) is 9.65. The molecule has 1 aromatic carbocycles. The Morgan fingerprint density at radius 1 is 1.12 bits per heavy atom. The molecule has 1 atom stereocenters. The molecular formula is C17H17N5O3S. The van der Waals surface area contributed by atoms with Gasteiger partial charge in [-0.25, -0.2) is 23.2 Å². The van der Waals surface area contributed by atoms with Crippen LogP contribution in [-0.4, -0.2) is 41.4 Å². The van der Waals surface area contributed by atoms with E-state index in [1.807, 2.05) is 12.1 Å². The number of primary sulfonamides is 1. The largest absolute Gasteiger partial charge is 0.381 e. The molecule has 26 heavy (non-hydrogen) atoms. The Hall–Kier alpha value is -2.62. The Bertz CT molecular complexity index is 1010. The van der Waals surface area contributed by atoms with Crippen molar-refractivity contribution in [1.29, 1.82) is 0 Å². The van der Waals surface area contributed by atoms with Gasteiger partial charge in [0.05, 0.1) is 17.2 Å². The summed E-state index contributed by atoms with van der Waals surface area (Å²) >= 11 is 0. The van der Waals surface area contributed by atoms with Crippen LogP contribution >= 0.6 is 0 Å². The van der Waals surface area contributed by atoms with Crippen molar-refractivity contribution >= 4 is 10.0 Å². The molecule has 8 nitrogen and oxygen atoms in total. The van der Waals surface area contributed by atoms with Crippen molar-refractivity contribution in [2.45, 2.75) is 17.2 Å². The molecule has 3 aromatic rings. The summed E-state index contributed by atoms with van der Waals surface area (Å²) < 4.78 is 30.2. The van der Waals surface area contributed by atoms with E-state index >= 15 is 0 Å². The van der Waals surface area contributed by atoms with Gasteiger partial charge in [0.1, 0.15) is 5.82 Å². The van der Waals surface area contributed by atoms with Crippen molar-refractivity contribution in [3.63, 3.8) is 0 Å². The summed E-state index contributed by atoms with van der Waals surface area (Å²) in [6.07, 6.45) is 4.24. The number of rotatable bonds is 4. The van der Waals surface area contributed by atoms with Crippen molar-refractivity contribution in [3.8, 4) is 17.1 Å². The molecule has 0 bridgehead atoms. The number of nitrogens with two attached hydrogens (primary N) is 1. The van der Waals surface area contributed by atoms with Gasteiger partial charge >= 0.3 is 0 Å². The fraction of sp³-hybridized carbons (Fsp3) is 0.235. The fourth-order valence-electron chi connectivity index (χ4n) is 2.92. The van der Waals surface area contributed by atoms with Crippen LogP contribution in [0.3, 0.4) is 0 Å². The van der Waals surface area contributed by atoms with E-state index in [0.717, 1.165) is 17.8 Å². The predicted octanol–water partition coefficient (Wildman–Crippen LogP) is 1.48. The highest BCUT2D eigenvalue weighted by atomic mass is 32.2. The number of aromatic nitrogens is 4. The van der Waals surface area contributed by atoms with E-state index in [9.17, 15) is 8.42 Å². The van der Waals surface area contributed by atoms with E-state index < -0.39 is 10.0 Å². The monoisotopic (exact) mass is 371 g/mol. The predicted molar refractivity (Wildman–Crippen MR) is 94.1 cm³/mol. The van der Waals surface area contributed by atoms with Gasteiger partial charge in [-0.05, 0) is 42.8 Å². The number of pyridine rings is 1. The highest BCUT2D eigenvalue weighted by molar-refractivity contribution is 7.89. The molecule has 0 aliphatic carbocycles. The molecule has 0 unspecified atom stereocenters. The summed E-state index contributed by atoms with van der Waals surface area (Å²) in [5, 5.41) is 9.80. The van der Waals surface area contributed by atoms with Crippen molar-refractivity contribution < 1.29 is 13.2 Å². The van der Waals surface area contributed by atoms with Gasteiger partial charge in [0.15, 0.2) is 5.82 Å². The summed E-state index contributed by atoms with van der Waals surface area (Å²) in [7, 11) is -3.74. The molecule has 0 amide bonds. The lowest BCUT2D eigenvalue weighted by atomic mass is 10.1. The van der Waals surface area contributed by atoms with Crippen molar-refractivity contribution in [2.75, 3.05) is 13.2 Å². The van der Waals surface area contributed by atoms with Crippen LogP contribution < -0.4 is 5.14 Å². The number of ether oxygens (including phenoxy) is 1. The van der Waals surface area contributed by atoms with Gasteiger partial charge in [-0.15, -0.1) is 5.10 Å². The summed E-state index contributed by atoms with van der Waals surface area (Å²) in [6.45, 7) is 1.27. The highest BCUT2D eigenvalue weighted by Crippen LogP contribution is 2.28. The number of hydrogen-bond donors (Lipinski definition) is 1. The van der Waals surface area contributed by atoms with Gasteiger partial charge in [-0.1, -0.05) is 0 Å². The molecule has 1 aliphatic heterocycles. The number of sulfonamides is 1. The average molecular weight is 371 g/mol. The highest BCUT2D eigenvalue weighted by Gasteiger charge is 2.25. The molecule has 1 fully saturated rings. The smallest absolute Gasteiger partial charge is 0.238 e. The summed E-state index contributed by atoms with van der Waals surface area (Å²) in [4.78, 5) is 8.79. The number of nitrogens with zero attached hydrogens (tertiary/aromatic N) is 4. The maximum atomic E-state index is 11.5. The molecule has 2 N–H and O–H groups in total. The Kier molecular flexibility index (Phi) is 4.27. The molecule has 0 spiro atoms. The second-order valence-corrected chi connectivity index (χ2v) is 7.60. The van der Waals surface area contributed by atoms with Gasteiger partial charge in [0.2, 0.25) is 10.0 Å². The van der Waals surface area contributed by atoms with E-state index in [2.05, 4.69) is 10.1 Å². The third kappa shape index (κ3) is 3.24. The summed E-state index contributed by atoms with van der Waals surface area (Å²) in [5.74, 6) is 1.51. The van der Waals surface area contributed by atoms with Crippen LogP contribution in [0.15, 0.2) is 53.7 Å². The third-order valence-electron chi connectivity index (χ3n) is 4.28. The number of benzene rings is 1. The van der Waals surface area contributed by atoms with Crippen LogP contribution in [-0.2, 0) is 14.8 Å². The van der Waals surface area contributed by atoms with Gasteiger partial charge in [0, 0.05) is 30.5 Å². The maximum absolute atomic E-state index is 11.5. The molecule has 2 aromatic heterocycles. The maximum Gasteiger partial charge on any atom is 0.238 e. The lowest BCUT2D eigenvalue weighted by molar-refractivity contribution is 0.193. The van der Waals surface area contributed by atoms with Crippen molar-refractivity contribution in [3.05, 3.63) is 54.6 Å². The Labute approximate surface area is 150 Å². The summed E-state index contributed by atoms with van der Waals surface area (Å²) in [6, 6.07) is 9.96. The molecule has 0 saturated carbocycles. The normalized spacial score (nSPS) is 17.5. The topological polar surface area (TPSA) is 113 Å². The van der Waals surface area contributed by atoms with Gasteiger partial charge in [0.25, 0.3) is 0 Å². The van der Waals surface area contributed by atoms with Crippen LogP contribution in [0.2, 0.25) is 0 Å². The zero-order valence-corrected chi connectivity index (χ0v) is 14.6. The van der Waals surface area contributed by atoms with Crippen LogP contribution in [0.5, 0.6) is 0 Å². The molecule has 4 rings (SSSR count). The lowest BCUT2D eigenvalue weighted by Crippen LogP contribution is -2.13. The minimum atomic E-state index is -3.74. The molecule has 9 heteroatoms. The van der Waals surface area contributed by atoms with Crippen LogP contribution in [0, 0.1) is 0 Å². The van der Waals surface area contributed by atoms with Crippen molar-refractivity contribution in [1.82, 2.24) is 19.7 Å². The molecule has 1 saturated heterocycles.